The molecule has 0 aromatic heterocycles. The van der Waals surface area contributed by atoms with Gasteiger partial charge < -0.3 is 0 Å². The Bertz CT molecular complexity index is 1310. The first-order chi connectivity index (χ1) is 18.5. The molecule has 4 aromatic carbocycles. The molecule has 0 bridgehead atoms. The van der Waals surface area contributed by atoms with Gasteiger partial charge in [-0.1, -0.05) is 165 Å². The van der Waals surface area contributed by atoms with Crippen molar-refractivity contribution in [2.45, 2.75) is 90.9 Å². The van der Waals surface area contributed by atoms with Gasteiger partial charge in [-0.15, -0.1) is 0 Å². The van der Waals surface area contributed by atoms with Crippen molar-refractivity contribution in [2.75, 3.05) is 0 Å². The number of rotatable bonds is 5. The molecule has 40 heavy (non-hydrogen) atoms. The van der Waals surface area contributed by atoms with E-state index >= 15 is 4.79 Å². The average molecular weight is 531 g/mol. The summed E-state index contributed by atoms with van der Waals surface area (Å²) in [6.45, 7) is 22.1. The first-order valence-corrected chi connectivity index (χ1v) is 14.5. The monoisotopic (exact) mass is 530 g/mol. The van der Waals surface area contributed by atoms with Gasteiger partial charge in [-0.05, 0) is 56.5 Å². The Kier molecular flexibility index (Phi) is 7.76. The molecule has 0 spiro atoms. The molecular weight excluding hydrogens is 484 g/mol. The van der Waals surface area contributed by atoms with Crippen LogP contribution in [0.2, 0.25) is 0 Å². The summed E-state index contributed by atoms with van der Waals surface area (Å²) in [5.41, 5.74) is 7.61. The molecule has 0 unspecified atom stereocenters. The van der Waals surface area contributed by atoms with Crippen molar-refractivity contribution in [3.63, 3.8) is 0 Å². The number of Topliss-reactive ketones (excluding diaryl/α,β-unsaturated/α-hetero) is 1. The molecule has 1 heteroatoms. The van der Waals surface area contributed by atoms with Gasteiger partial charge in [-0.2, -0.15) is 0 Å². The van der Waals surface area contributed by atoms with Crippen molar-refractivity contribution in [3.05, 3.63) is 142 Å². The Morgan fingerprint density at radius 1 is 0.400 bits per heavy atom. The summed E-state index contributed by atoms with van der Waals surface area (Å²) in [7, 11) is 0. The zero-order valence-corrected chi connectivity index (χ0v) is 26.1. The number of aryl methyl sites for hydroxylation is 1. The zero-order valence-electron chi connectivity index (χ0n) is 26.1. The third-order valence-electron chi connectivity index (χ3n) is 8.21. The highest BCUT2D eigenvalue weighted by molar-refractivity contribution is 6.09. The summed E-state index contributed by atoms with van der Waals surface area (Å²) < 4.78 is 0. The third kappa shape index (κ3) is 5.71. The van der Waals surface area contributed by atoms with Gasteiger partial charge in [0.05, 0.1) is 0 Å². The minimum atomic E-state index is -1.00. The summed E-state index contributed by atoms with van der Waals surface area (Å²) in [5, 5.41) is 0. The van der Waals surface area contributed by atoms with Crippen LogP contribution in [0.5, 0.6) is 0 Å². The number of hydrogen-bond acceptors (Lipinski definition) is 1. The number of hydrogen-bond donors (Lipinski definition) is 0. The number of benzene rings is 4. The summed E-state index contributed by atoms with van der Waals surface area (Å²) in [5.74, 6) is 0.0861. The predicted molar refractivity (Wildman–Crippen MR) is 171 cm³/mol. The molecule has 4 aromatic rings. The minimum absolute atomic E-state index is 0.0187. The topological polar surface area (TPSA) is 17.1 Å². The van der Waals surface area contributed by atoms with Crippen LogP contribution in [0.1, 0.15) is 112 Å². The predicted octanol–water partition coefficient (Wildman–Crippen LogP) is 10.1. The van der Waals surface area contributed by atoms with E-state index in [-0.39, 0.29) is 22.0 Å². The van der Waals surface area contributed by atoms with Gasteiger partial charge in [0, 0.05) is 5.56 Å². The Balaban J connectivity index is 2.07. The lowest BCUT2D eigenvalue weighted by Crippen LogP contribution is -2.39. The second kappa shape index (κ2) is 10.5. The standard InChI is InChI=1S/C39H46O/c1-27-11-13-28(14-12-27)35(40)39(32-21-15-29(16-22-32)36(2,3)4,33-23-17-30(18-24-33)37(5,6)7)34-25-19-31(20-26-34)38(8,9)10/h11-26H,1-10H3. The van der Waals surface area contributed by atoms with E-state index in [0.29, 0.717) is 5.56 Å². The molecule has 0 saturated carbocycles. The van der Waals surface area contributed by atoms with E-state index in [1.54, 1.807) is 0 Å². The van der Waals surface area contributed by atoms with Gasteiger partial charge in [0.2, 0.25) is 0 Å². The highest BCUT2D eigenvalue weighted by Gasteiger charge is 2.44. The molecule has 0 atom stereocenters. The van der Waals surface area contributed by atoms with Crippen LogP contribution in [0.15, 0.2) is 97.1 Å². The first-order valence-electron chi connectivity index (χ1n) is 14.5. The molecule has 0 aliphatic carbocycles. The molecule has 0 aliphatic rings. The molecule has 0 amide bonds. The fraction of sp³-hybridized carbons (Fsp3) is 0.359. The smallest absolute Gasteiger partial charge is 0.182 e. The Labute approximate surface area is 242 Å². The molecule has 0 heterocycles. The van der Waals surface area contributed by atoms with Crippen LogP contribution < -0.4 is 0 Å². The summed E-state index contributed by atoms with van der Waals surface area (Å²) in [4.78, 5) is 15.0. The lowest BCUT2D eigenvalue weighted by atomic mass is 9.64. The quantitative estimate of drug-likeness (QED) is 0.185. The van der Waals surface area contributed by atoms with Crippen molar-refractivity contribution < 1.29 is 4.79 Å². The van der Waals surface area contributed by atoms with Gasteiger partial charge in [0.15, 0.2) is 5.78 Å². The average Bonchev–Trinajstić information content (AvgIpc) is 2.89. The fourth-order valence-electron chi connectivity index (χ4n) is 5.48. The minimum Gasteiger partial charge on any atom is -0.292 e. The van der Waals surface area contributed by atoms with Crippen LogP contribution in [0.4, 0.5) is 0 Å². The molecule has 1 nitrogen and oxygen atoms in total. The van der Waals surface area contributed by atoms with Crippen molar-refractivity contribution in [1.82, 2.24) is 0 Å². The van der Waals surface area contributed by atoms with Crippen molar-refractivity contribution in [2.24, 2.45) is 0 Å². The molecule has 4 rings (SSSR count). The van der Waals surface area contributed by atoms with Crippen LogP contribution in [0, 0.1) is 6.92 Å². The van der Waals surface area contributed by atoms with Crippen molar-refractivity contribution in [3.8, 4) is 0 Å². The number of carbonyl (C=O) groups excluding carboxylic acids is 1. The second-order valence-electron chi connectivity index (χ2n) is 14.4. The summed E-state index contributed by atoms with van der Waals surface area (Å²) >= 11 is 0. The van der Waals surface area contributed by atoms with Crippen LogP contribution >= 0.6 is 0 Å². The lowest BCUT2D eigenvalue weighted by Gasteiger charge is -2.36. The van der Waals surface area contributed by atoms with Gasteiger partial charge in [-0.3, -0.25) is 4.79 Å². The van der Waals surface area contributed by atoms with Crippen LogP contribution in [-0.4, -0.2) is 5.78 Å². The maximum atomic E-state index is 15.0. The maximum absolute atomic E-state index is 15.0. The van der Waals surface area contributed by atoms with E-state index in [1.807, 2.05) is 24.3 Å². The highest BCUT2D eigenvalue weighted by atomic mass is 16.1. The lowest BCUT2D eigenvalue weighted by molar-refractivity contribution is 0.0935. The summed E-state index contributed by atoms with van der Waals surface area (Å²) in [6.07, 6.45) is 0. The molecule has 0 N–H and O–H groups in total. The van der Waals surface area contributed by atoms with Crippen molar-refractivity contribution in [1.29, 1.82) is 0 Å². The Morgan fingerprint density at radius 3 is 0.900 bits per heavy atom. The largest absolute Gasteiger partial charge is 0.292 e. The van der Waals surface area contributed by atoms with E-state index < -0.39 is 5.41 Å². The highest BCUT2D eigenvalue weighted by Crippen LogP contribution is 2.44. The molecule has 208 valence electrons. The zero-order chi connectivity index (χ0) is 29.5. The number of carbonyl (C=O) groups is 1. The number of ketones is 1. The van der Waals surface area contributed by atoms with Gasteiger partial charge in [-0.25, -0.2) is 0 Å². The van der Waals surface area contributed by atoms with E-state index in [9.17, 15) is 0 Å². The van der Waals surface area contributed by atoms with Gasteiger partial charge >= 0.3 is 0 Å². The Morgan fingerprint density at radius 2 is 0.650 bits per heavy atom. The van der Waals surface area contributed by atoms with Crippen LogP contribution in [-0.2, 0) is 21.7 Å². The SMILES string of the molecule is Cc1ccc(C(=O)C(c2ccc(C(C)(C)C)cc2)(c2ccc(C(C)(C)C)cc2)c2ccc(C(C)(C)C)cc2)cc1. The molecule has 0 fully saturated rings. The molecule has 0 aliphatic heterocycles. The third-order valence-corrected chi connectivity index (χ3v) is 8.21. The molecular formula is C39H46O. The Hall–Kier alpha value is -3.45. The van der Waals surface area contributed by atoms with E-state index in [0.717, 1.165) is 22.3 Å². The maximum Gasteiger partial charge on any atom is 0.182 e. The normalized spacial score (nSPS) is 12.8. The van der Waals surface area contributed by atoms with Gasteiger partial charge in [0.1, 0.15) is 5.41 Å². The molecule has 0 saturated heterocycles. The van der Waals surface area contributed by atoms with Crippen LogP contribution in [0.25, 0.3) is 0 Å². The van der Waals surface area contributed by atoms with Gasteiger partial charge in [0.25, 0.3) is 0 Å². The molecule has 0 radical (unpaired) electrons. The summed E-state index contributed by atoms with van der Waals surface area (Å²) in [6, 6.07) is 34.2. The van der Waals surface area contributed by atoms with E-state index in [4.69, 9.17) is 0 Å². The van der Waals surface area contributed by atoms with Crippen LogP contribution in [0.3, 0.4) is 0 Å². The second-order valence-corrected chi connectivity index (χ2v) is 14.4. The fourth-order valence-corrected chi connectivity index (χ4v) is 5.48. The first kappa shape index (κ1) is 29.5. The van der Waals surface area contributed by atoms with Crippen molar-refractivity contribution >= 4 is 5.78 Å². The van der Waals surface area contributed by atoms with E-state index in [2.05, 4.69) is 142 Å². The van der Waals surface area contributed by atoms with E-state index in [1.165, 1.54) is 16.7 Å².